The average Bonchev–Trinajstić information content (AvgIpc) is 2.84. The van der Waals surface area contributed by atoms with E-state index in [0.29, 0.717) is 24.8 Å². The van der Waals surface area contributed by atoms with E-state index in [1.807, 2.05) is 20.8 Å². The lowest BCUT2D eigenvalue weighted by Crippen LogP contribution is -2.56. The van der Waals surface area contributed by atoms with Gasteiger partial charge in [0.05, 0.1) is 11.1 Å². The highest BCUT2D eigenvalue weighted by Gasteiger charge is 2.51. The molecule has 200 valence electrons. The second-order valence-electron chi connectivity index (χ2n) is 12.1. The molecule has 2 aromatic rings. The molecule has 0 radical (unpaired) electrons. The van der Waals surface area contributed by atoms with Crippen LogP contribution in [0.2, 0.25) is 5.02 Å². The second-order valence-corrected chi connectivity index (χ2v) is 12.5. The summed E-state index contributed by atoms with van der Waals surface area (Å²) in [5.41, 5.74) is 7.23. The third-order valence-electron chi connectivity index (χ3n) is 8.60. The van der Waals surface area contributed by atoms with Crippen molar-refractivity contribution in [2.75, 3.05) is 11.9 Å². The molecule has 4 rings (SSSR count). The molecule has 8 heteroatoms. The van der Waals surface area contributed by atoms with Crippen molar-refractivity contribution < 1.29 is 14.0 Å². The first-order chi connectivity index (χ1) is 17.4. The van der Waals surface area contributed by atoms with E-state index in [9.17, 15) is 14.0 Å². The predicted molar refractivity (Wildman–Crippen MR) is 144 cm³/mol. The number of carbonyl (C=O) groups excluding carboxylic acids is 2. The van der Waals surface area contributed by atoms with Gasteiger partial charge in [-0.1, -0.05) is 45.4 Å². The maximum atomic E-state index is 13.6. The second kappa shape index (κ2) is 10.7. The highest BCUT2D eigenvalue weighted by molar-refractivity contribution is 6.30. The SMILES string of the molecule is CC1CC2CC(CC(C)(C(=O)Nc3ccncc3)C2)C1C(N)C(=O)NCC(C)(C)c1ccc(F)c(Cl)c1. The van der Waals surface area contributed by atoms with Gasteiger partial charge >= 0.3 is 0 Å². The molecule has 2 aliphatic rings. The van der Waals surface area contributed by atoms with E-state index in [1.54, 1.807) is 36.7 Å². The number of carbonyl (C=O) groups is 2. The molecule has 2 bridgehead atoms. The summed E-state index contributed by atoms with van der Waals surface area (Å²) in [6.45, 7) is 8.52. The molecule has 37 heavy (non-hydrogen) atoms. The molecule has 1 aromatic carbocycles. The number of amides is 2. The summed E-state index contributed by atoms with van der Waals surface area (Å²) >= 11 is 5.98. The average molecular weight is 529 g/mol. The highest BCUT2D eigenvalue weighted by Crippen LogP contribution is 2.53. The summed E-state index contributed by atoms with van der Waals surface area (Å²) in [6.07, 6.45) is 6.82. The van der Waals surface area contributed by atoms with E-state index in [0.717, 1.165) is 30.5 Å². The van der Waals surface area contributed by atoms with Gasteiger partial charge in [-0.2, -0.15) is 0 Å². The molecule has 6 atom stereocenters. The molecule has 6 unspecified atom stereocenters. The van der Waals surface area contributed by atoms with Crippen LogP contribution in [0.15, 0.2) is 42.7 Å². The molecular weight excluding hydrogens is 491 g/mol. The molecule has 0 spiro atoms. The Labute approximate surface area is 223 Å². The van der Waals surface area contributed by atoms with Crippen molar-refractivity contribution in [3.05, 3.63) is 59.1 Å². The number of halogens is 2. The standard InChI is InChI=1S/C29H38ClFN4O2/c1-17-11-18-12-19(15-29(4,14-18)27(37)35-21-7-9-33-10-8-21)24(17)25(32)26(36)34-16-28(2,3)20-5-6-23(31)22(30)13-20/h5-10,13,17-19,24-25H,11-12,14-16,32H2,1-4H3,(H,34,36)(H,33,35,37). The Hall–Kier alpha value is -2.51. The Morgan fingerprint density at radius 1 is 1.22 bits per heavy atom. The molecule has 1 aromatic heterocycles. The summed E-state index contributed by atoms with van der Waals surface area (Å²) in [7, 11) is 0. The number of benzene rings is 1. The van der Waals surface area contributed by atoms with Crippen LogP contribution in [0, 0.1) is 34.9 Å². The fourth-order valence-corrected chi connectivity index (χ4v) is 6.86. The van der Waals surface area contributed by atoms with Crippen LogP contribution in [0.25, 0.3) is 0 Å². The lowest BCUT2D eigenvalue weighted by atomic mass is 9.54. The van der Waals surface area contributed by atoms with Crippen LogP contribution >= 0.6 is 11.6 Å². The topological polar surface area (TPSA) is 97.1 Å². The van der Waals surface area contributed by atoms with Crippen LogP contribution < -0.4 is 16.4 Å². The third kappa shape index (κ3) is 5.99. The number of pyridine rings is 1. The van der Waals surface area contributed by atoms with Gasteiger partial charge in [-0.3, -0.25) is 14.6 Å². The summed E-state index contributed by atoms with van der Waals surface area (Å²) in [4.78, 5) is 30.6. The number of anilines is 1. The molecule has 2 aliphatic carbocycles. The number of nitrogens with zero attached hydrogens (tertiary/aromatic N) is 1. The monoisotopic (exact) mass is 528 g/mol. The van der Waals surface area contributed by atoms with Crippen molar-refractivity contribution in [2.24, 2.45) is 34.8 Å². The third-order valence-corrected chi connectivity index (χ3v) is 8.89. The van der Waals surface area contributed by atoms with Gasteiger partial charge in [-0.05, 0) is 79.2 Å². The van der Waals surface area contributed by atoms with Crippen LogP contribution in [0.3, 0.4) is 0 Å². The zero-order valence-electron chi connectivity index (χ0n) is 22.1. The number of nitrogens with one attached hydrogen (secondary N) is 2. The molecular formula is C29H38ClFN4O2. The van der Waals surface area contributed by atoms with Crippen molar-refractivity contribution in [1.82, 2.24) is 10.3 Å². The first kappa shape index (κ1) is 27.5. The van der Waals surface area contributed by atoms with E-state index >= 15 is 0 Å². The number of hydrogen-bond donors (Lipinski definition) is 3. The highest BCUT2D eigenvalue weighted by atomic mass is 35.5. The fourth-order valence-electron chi connectivity index (χ4n) is 6.68. The van der Waals surface area contributed by atoms with Gasteiger partial charge < -0.3 is 16.4 Å². The Balaban J connectivity index is 1.43. The first-order valence-electron chi connectivity index (χ1n) is 13.1. The Morgan fingerprint density at radius 3 is 2.59 bits per heavy atom. The number of nitrogens with two attached hydrogens (primary N) is 1. The van der Waals surface area contributed by atoms with E-state index in [2.05, 4.69) is 22.5 Å². The lowest BCUT2D eigenvalue weighted by Gasteiger charge is -2.51. The first-order valence-corrected chi connectivity index (χ1v) is 13.5. The molecule has 2 fully saturated rings. The van der Waals surface area contributed by atoms with Gasteiger partial charge in [0.15, 0.2) is 0 Å². The predicted octanol–water partition coefficient (Wildman–Crippen LogP) is 5.31. The van der Waals surface area contributed by atoms with Crippen molar-refractivity contribution in [2.45, 2.75) is 64.8 Å². The van der Waals surface area contributed by atoms with Crippen LogP contribution in [-0.4, -0.2) is 29.4 Å². The molecule has 6 nitrogen and oxygen atoms in total. The van der Waals surface area contributed by atoms with Gasteiger partial charge in [0.2, 0.25) is 11.8 Å². The normalized spacial score (nSPS) is 28.3. The Morgan fingerprint density at radius 2 is 1.92 bits per heavy atom. The maximum Gasteiger partial charge on any atom is 0.237 e. The Kier molecular flexibility index (Phi) is 7.96. The van der Waals surface area contributed by atoms with E-state index < -0.39 is 22.7 Å². The van der Waals surface area contributed by atoms with Crippen LogP contribution in [0.1, 0.15) is 58.9 Å². The van der Waals surface area contributed by atoms with Crippen molar-refractivity contribution in [1.29, 1.82) is 0 Å². The number of hydrogen-bond acceptors (Lipinski definition) is 4. The van der Waals surface area contributed by atoms with Crippen molar-refractivity contribution in [3.63, 3.8) is 0 Å². The summed E-state index contributed by atoms with van der Waals surface area (Å²) < 4.78 is 13.6. The van der Waals surface area contributed by atoms with Gasteiger partial charge in [0.1, 0.15) is 5.82 Å². The van der Waals surface area contributed by atoms with Gasteiger partial charge in [-0.15, -0.1) is 0 Å². The molecule has 2 saturated carbocycles. The van der Waals surface area contributed by atoms with Gasteiger partial charge in [0, 0.05) is 35.5 Å². The van der Waals surface area contributed by atoms with E-state index in [1.165, 1.54) is 6.07 Å². The minimum Gasteiger partial charge on any atom is -0.354 e. The maximum absolute atomic E-state index is 13.6. The minimum absolute atomic E-state index is 0.00650. The fraction of sp³-hybridized carbons (Fsp3) is 0.552. The number of aromatic nitrogens is 1. The summed E-state index contributed by atoms with van der Waals surface area (Å²) in [5, 5.41) is 6.16. The zero-order chi connectivity index (χ0) is 27.0. The largest absolute Gasteiger partial charge is 0.354 e. The van der Waals surface area contributed by atoms with Gasteiger partial charge in [0.25, 0.3) is 0 Å². The summed E-state index contributed by atoms with van der Waals surface area (Å²) in [6, 6.07) is 7.55. The van der Waals surface area contributed by atoms with Crippen molar-refractivity contribution >= 4 is 29.1 Å². The van der Waals surface area contributed by atoms with Gasteiger partial charge in [-0.25, -0.2) is 4.39 Å². The van der Waals surface area contributed by atoms with Crippen molar-refractivity contribution in [3.8, 4) is 0 Å². The molecule has 1 heterocycles. The zero-order valence-corrected chi connectivity index (χ0v) is 22.8. The number of fused-ring (bicyclic) bond motifs is 2. The molecule has 2 amide bonds. The smallest absolute Gasteiger partial charge is 0.237 e. The van der Waals surface area contributed by atoms with Crippen LogP contribution in [0.5, 0.6) is 0 Å². The molecule has 0 saturated heterocycles. The quantitative estimate of drug-likeness (QED) is 0.453. The minimum atomic E-state index is -0.667. The molecule has 0 aliphatic heterocycles. The summed E-state index contributed by atoms with van der Waals surface area (Å²) in [5.74, 6) is 0.278. The number of rotatable bonds is 7. The molecule has 4 N–H and O–H groups in total. The van der Waals surface area contributed by atoms with E-state index in [4.69, 9.17) is 17.3 Å². The Bertz CT molecular complexity index is 1140. The lowest BCUT2D eigenvalue weighted by molar-refractivity contribution is -0.133. The van der Waals surface area contributed by atoms with Crippen LogP contribution in [0.4, 0.5) is 10.1 Å². The van der Waals surface area contributed by atoms with Crippen LogP contribution in [-0.2, 0) is 15.0 Å². The van der Waals surface area contributed by atoms with E-state index in [-0.39, 0.29) is 28.7 Å².